The Bertz CT molecular complexity index is 474. The van der Waals surface area contributed by atoms with E-state index in [0.29, 0.717) is 11.8 Å². The average Bonchev–Trinajstić information content (AvgIpc) is 2.41. The Balaban J connectivity index is 1.48. The summed E-state index contributed by atoms with van der Waals surface area (Å²) in [7, 11) is 2.11. The van der Waals surface area contributed by atoms with Crippen molar-refractivity contribution in [1.29, 1.82) is 0 Å². The zero-order chi connectivity index (χ0) is 14.7. The van der Waals surface area contributed by atoms with Crippen molar-refractivity contribution in [3.05, 3.63) is 24.3 Å². The monoisotopic (exact) mass is 288 g/mol. The molecule has 0 bridgehead atoms. The molecule has 1 aromatic carbocycles. The van der Waals surface area contributed by atoms with Crippen LogP contribution in [0.4, 0.5) is 11.4 Å². The normalized spacial score (nSPS) is 19.0. The van der Waals surface area contributed by atoms with Crippen LogP contribution in [0.5, 0.6) is 0 Å². The van der Waals surface area contributed by atoms with Gasteiger partial charge in [0.1, 0.15) is 6.29 Å². The lowest BCUT2D eigenvalue weighted by Crippen LogP contribution is -2.66. The number of unbranched alkanes of at least 4 members (excludes halogenated alkanes) is 2. The van der Waals surface area contributed by atoms with E-state index in [1.807, 2.05) is 0 Å². The van der Waals surface area contributed by atoms with Crippen LogP contribution in [-0.4, -0.2) is 46.2 Å². The predicted molar refractivity (Wildman–Crippen MR) is 85.1 cm³/mol. The molecule has 3 rings (SSSR count). The Morgan fingerprint density at radius 2 is 1.95 bits per heavy atom. The van der Waals surface area contributed by atoms with Gasteiger partial charge in [0, 0.05) is 44.5 Å². The number of nitrogens with zero attached hydrogens (tertiary/aromatic N) is 2. The quantitative estimate of drug-likeness (QED) is 0.569. The zero-order valence-corrected chi connectivity index (χ0v) is 12.8. The molecule has 2 heterocycles. The summed E-state index contributed by atoms with van der Waals surface area (Å²) < 4.78 is 5.31. The van der Waals surface area contributed by atoms with E-state index in [-0.39, 0.29) is 0 Å². The van der Waals surface area contributed by atoms with E-state index in [1.165, 1.54) is 11.4 Å². The molecule has 4 nitrogen and oxygen atoms in total. The third kappa shape index (κ3) is 3.05. The Labute approximate surface area is 126 Å². The largest absolute Gasteiger partial charge is 0.380 e. The summed E-state index contributed by atoms with van der Waals surface area (Å²) in [6, 6.07) is 8.81. The number of benzene rings is 1. The van der Waals surface area contributed by atoms with Crippen molar-refractivity contribution in [3.63, 3.8) is 0 Å². The van der Waals surface area contributed by atoms with Crippen LogP contribution in [0.1, 0.15) is 19.3 Å². The first-order chi connectivity index (χ1) is 10.2. The van der Waals surface area contributed by atoms with Crippen LogP contribution in [0.25, 0.3) is 0 Å². The van der Waals surface area contributed by atoms with E-state index in [4.69, 9.17) is 4.74 Å². The van der Waals surface area contributed by atoms with Crippen LogP contribution >= 0.6 is 0 Å². The minimum absolute atomic E-state index is 0.466. The first kappa shape index (κ1) is 14.4. The molecule has 0 radical (unpaired) electrons. The first-order valence-corrected chi connectivity index (χ1v) is 7.80. The highest BCUT2D eigenvalue weighted by Gasteiger charge is 2.48. The lowest BCUT2D eigenvalue weighted by atomic mass is 9.78. The summed E-state index contributed by atoms with van der Waals surface area (Å²) in [6.07, 6.45) is 3.71. The molecule has 0 saturated carbocycles. The first-order valence-electron chi connectivity index (χ1n) is 7.80. The molecule has 0 N–H and O–H groups in total. The SMILES string of the molecule is CN(CCCCC=O)c1ccc(N2CC3(COC3)C2)cc1. The molecular weight excluding hydrogens is 264 g/mol. The highest BCUT2D eigenvalue weighted by molar-refractivity contribution is 5.58. The summed E-state index contributed by atoms with van der Waals surface area (Å²) in [6.45, 7) is 5.13. The summed E-state index contributed by atoms with van der Waals surface area (Å²) in [5, 5.41) is 0. The maximum absolute atomic E-state index is 10.3. The van der Waals surface area contributed by atoms with Crippen LogP contribution in [0.3, 0.4) is 0 Å². The zero-order valence-electron chi connectivity index (χ0n) is 12.8. The van der Waals surface area contributed by atoms with Crippen molar-refractivity contribution in [2.45, 2.75) is 19.3 Å². The van der Waals surface area contributed by atoms with Gasteiger partial charge in [-0.1, -0.05) is 0 Å². The van der Waals surface area contributed by atoms with Crippen molar-refractivity contribution in [3.8, 4) is 0 Å². The molecule has 4 heteroatoms. The molecule has 0 amide bonds. The van der Waals surface area contributed by atoms with Gasteiger partial charge in [-0.25, -0.2) is 0 Å². The van der Waals surface area contributed by atoms with Gasteiger partial charge in [0.05, 0.1) is 18.6 Å². The Hall–Kier alpha value is -1.55. The van der Waals surface area contributed by atoms with Crippen molar-refractivity contribution in [2.75, 3.05) is 49.7 Å². The van der Waals surface area contributed by atoms with Gasteiger partial charge in [0.15, 0.2) is 0 Å². The maximum Gasteiger partial charge on any atom is 0.119 e. The summed E-state index contributed by atoms with van der Waals surface area (Å²) in [4.78, 5) is 15.0. The van der Waals surface area contributed by atoms with E-state index >= 15 is 0 Å². The summed E-state index contributed by atoms with van der Waals surface area (Å²) >= 11 is 0. The second kappa shape index (κ2) is 6.06. The third-order valence-corrected chi connectivity index (χ3v) is 4.59. The van der Waals surface area contributed by atoms with E-state index < -0.39 is 0 Å². The second-order valence-electron chi connectivity index (χ2n) is 6.45. The van der Waals surface area contributed by atoms with Crippen molar-refractivity contribution in [2.24, 2.45) is 5.41 Å². The minimum atomic E-state index is 0.466. The highest BCUT2D eigenvalue weighted by atomic mass is 16.5. The number of aldehydes is 1. The third-order valence-electron chi connectivity index (χ3n) is 4.59. The fourth-order valence-electron chi connectivity index (χ4n) is 3.14. The van der Waals surface area contributed by atoms with Crippen LogP contribution < -0.4 is 9.80 Å². The Morgan fingerprint density at radius 3 is 2.52 bits per heavy atom. The van der Waals surface area contributed by atoms with Gasteiger partial charge in [-0.05, 0) is 37.1 Å². The molecule has 2 aliphatic rings. The van der Waals surface area contributed by atoms with Crippen molar-refractivity contribution >= 4 is 17.7 Å². The summed E-state index contributed by atoms with van der Waals surface area (Å²) in [5.41, 5.74) is 3.02. The van der Waals surface area contributed by atoms with Crippen LogP contribution in [0, 0.1) is 5.41 Å². The molecule has 0 unspecified atom stereocenters. The molecule has 2 saturated heterocycles. The average molecular weight is 288 g/mol. The van der Waals surface area contributed by atoms with Crippen LogP contribution in [-0.2, 0) is 9.53 Å². The Kier molecular flexibility index (Phi) is 4.15. The van der Waals surface area contributed by atoms with E-state index in [0.717, 1.165) is 52.0 Å². The van der Waals surface area contributed by atoms with Crippen LogP contribution in [0.2, 0.25) is 0 Å². The van der Waals surface area contributed by atoms with E-state index in [9.17, 15) is 4.79 Å². The van der Waals surface area contributed by atoms with Gasteiger partial charge in [0.25, 0.3) is 0 Å². The number of carbonyl (C=O) groups excluding carboxylic acids is 1. The molecule has 1 spiro atoms. The lowest BCUT2D eigenvalue weighted by Gasteiger charge is -2.56. The topological polar surface area (TPSA) is 32.8 Å². The van der Waals surface area contributed by atoms with Crippen molar-refractivity contribution < 1.29 is 9.53 Å². The number of hydrogen-bond acceptors (Lipinski definition) is 4. The van der Waals surface area contributed by atoms with Gasteiger partial charge in [-0.2, -0.15) is 0 Å². The minimum Gasteiger partial charge on any atom is -0.380 e. The number of hydrogen-bond donors (Lipinski definition) is 0. The standard InChI is InChI=1S/C17H24N2O2/c1-18(9-3-2-4-10-20)15-5-7-16(8-6-15)19-11-17(12-19)13-21-14-17/h5-8,10H,2-4,9,11-14H2,1H3. The molecule has 1 aromatic rings. The van der Waals surface area contributed by atoms with Gasteiger partial charge in [0.2, 0.25) is 0 Å². The number of carbonyl (C=O) groups is 1. The van der Waals surface area contributed by atoms with Gasteiger partial charge in [-0.3, -0.25) is 0 Å². The lowest BCUT2D eigenvalue weighted by molar-refractivity contribution is -0.127. The highest BCUT2D eigenvalue weighted by Crippen LogP contribution is 2.40. The second-order valence-corrected chi connectivity index (χ2v) is 6.45. The molecule has 2 aliphatic heterocycles. The van der Waals surface area contributed by atoms with Gasteiger partial charge < -0.3 is 19.3 Å². The molecule has 21 heavy (non-hydrogen) atoms. The van der Waals surface area contributed by atoms with Gasteiger partial charge in [-0.15, -0.1) is 0 Å². The number of anilines is 2. The van der Waals surface area contributed by atoms with E-state index in [1.54, 1.807) is 0 Å². The molecular formula is C17H24N2O2. The molecule has 0 atom stereocenters. The number of rotatable bonds is 7. The molecule has 2 fully saturated rings. The molecule has 0 aliphatic carbocycles. The van der Waals surface area contributed by atoms with Gasteiger partial charge >= 0.3 is 0 Å². The smallest absolute Gasteiger partial charge is 0.119 e. The van der Waals surface area contributed by atoms with Crippen LogP contribution in [0.15, 0.2) is 24.3 Å². The maximum atomic E-state index is 10.3. The Morgan fingerprint density at radius 1 is 1.24 bits per heavy atom. The van der Waals surface area contributed by atoms with E-state index in [2.05, 4.69) is 41.1 Å². The summed E-state index contributed by atoms with van der Waals surface area (Å²) in [5.74, 6) is 0. The fourth-order valence-corrected chi connectivity index (χ4v) is 3.14. The van der Waals surface area contributed by atoms with Crippen molar-refractivity contribution in [1.82, 2.24) is 0 Å². The molecule has 114 valence electrons. The predicted octanol–water partition coefficient (Wildman–Crippen LogP) is 2.33. The molecule has 0 aromatic heterocycles. The number of ether oxygens (including phenoxy) is 1. The fraction of sp³-hybridized carbons (Fsp3) is 0.588.